The van der Waals surface area contributed by atoms with Crippen molar-refractivity contribution in [1.29, 1.82) is 0 Å². The van der Waals surface area contributed by atoms with E-state index in [1.807, 2.05) is 18.5 Å². The van der Waals surface area contributed by atoms with Gasteiger partial charge in [-0.15, -0.1) is 0 Å². The Morgan fingerprint density at radius 2 is 2.19 bits per heavy atom. The second kappa shape index (κ2) is 9.74. The lowest BCUT2D eigenvalue weighted by atomic mass is 10.1. The number of aldehydes is 1. The van der Waals surface area contributed by atoms with Crippen LogP contribution in [0.25, 0.3) is 0 Å². The van der Waals surface area contributed by atoms with Crippen LogP contribution in [0.3, 0.4) is 0 Å². The maximum Gasteiger partial charge on any atom is 0.228 e. The van der Waals surface area contributed by atoms with Gasteiger partial charge in [-0.05, 0) is 51.3 Å². The van der Waals surface area contributed by atoms with Gasteiger partial charge in [0.1, 0.15) is 11.3 Å². The van der Waals surface area contributed by atoms with Crippen LogP contribution in [0.15, 0.2) is 18.5 Å². The van der Waals surface area contributed by atoms with E-state index >= 15 is 0 Å². The minimum Gasteiger partial charge on any atom is -0.356 e. The predicted octanol–water partition coefficient (Wildman–Crippen LogP) is 2.83. The van der Waals surface area contributed by atoms with Gasteiger partial charge >= 0.3 is 0 Å². The van der Waals surface area contributed by atoms with Gasteiger partial charge in [-0.3, -0.25) is 4.68 Å². The summed E-state index contributed by atoms with van der Waals surface area (Å²) in [5.41, 5.74) is 4.41. The molecule has 1 aliphatic rings. The van der Waals surface area contributed by atoms with Gasteiger partial charge in [0.2, 0.25) is 5.95 Å². The molecule has 1 aliphatic heterocycles. The first-order valence-electron chi connectivity index (χ1n) is 10.9. The van der Waals surface area contributed by atoms with Crippen LogP contribution in [0.2, 0.25) is 0 Å². The topological polar surface area (TPSA) is 92.1 Å². The Balaban J connectivity index is 1.49. The molecule has 170 valence electrons. The summed E-state index contributed by atoms with van der Waals surface area (Å²) < 4.78 is 6.05. The Hall–Kier alpha value is -2.85. The monoisotopic (exact) mass is 454 g/mol. The molecule has 0 fully saturated rings. The number of likely N-dealkylation sites (N-methyl/N-ethyl adjacent to an activating group) is 1. The Labute approximate surface area is 192 Å². The van der Waals surface area contributed by atoms with E-state index < -0.39 is 0 Å². The maximum atomic E-state index is 11.1. The zero-order valence-corrected chi connectivity index (χ0v) is 19.9. The van der Waals surface area contributed by atoms with Crippen molar-refractivity contribution in [3.63, 3.8) is 0 Å². The third kappa shape index (κ3) is 4.97. The van der Waals surface area contributed by atoms with Gasteiger partial charge in [0.25, 0.3) is 0 Å². The fourth-order valence-electron chi connectivity index (χ4n) is 3.74. The van der Waals surface area contributed by atoms with Gasteiger partial charge in [-0.1, -0.05) is 0 Å². The second-order valence-electron chi connectivity index (χ2n) is 8.47. The number of aryl methyl sites for hydroxylation is 1. The molecule has 4 heterocycles. The van der Waals surface area contributed by atoms with Crippen molar-refractivity contribution in [1.82, 2.24) is 29.0 Å². The van der Waals surface area contributed by atoms with E-state index in [1.54, 1.807) is 4.68 Å². The Kier molecular flexibility index (Phi) is 6.80. The van der Waals surface area contributed by atoms with E-state index in [4.69, 9.17) is 4.98 Å². The summed E-state index contributed by atoms with van der Waals surface area (Å²) in [5.74, 6) is 1.17. The molecule has 0 aromatic carbocycles. The average molecular weight is 455 g/mol. The van der Waals surface area contributed by atoms with E-state index in [0.717, 1.165) is 50.1 Å². The van der Waals surface area contributed by atoms with Crippen LogP contribution in [0.5, 0.6) is 0 Å². The van der Waals surface area contributed by atoms with Crippen LogP contribution in [0.4, 0.5) is 16.8 Å². The van der Waals surface area contributed by atoms with E-state index in [-0.39, 0.29) is 6.54 Å². The molecular weight excluding hydrogens is 424 g/mol. The zero-order chi connectivity index (χ0) is 22.7. The van der Waals surface area contributed by atoms with Crippen LogP contribution in [-0.4, -0.2) is 61.5 Å². The summed E-state index contributed by atoms with van der Waals surface area (Å²) in [5, 5.41) is 8.99. The number of rotatable bonds is 9. The minimum absolute atomic E-state index is 0.233. The molecule has 4 rings (SSSR count). The highest BCUT2D eigenvalue weighted by Crippen LogP contribution is 2.29. The molecule has 0 aliphatic carbocycles. The van der Waals surface area contributed by atoms with Crippen LogP contribution in [0.1, 0.15) is 36.4 Å². The number of hydrogen-bond donors (Lipinski definition) is 1. The van der Waals surface area contributed by atoms with Crippen LogP contribution < -0.4 is 10.2 Å². The van der Waals surface area contributed by atoms with Gasteiger partial charge in [0, 0.05) is 55.3 Å². The molecule has 0 saturated carbocycles. The number of nitrogens with one attached hydrogen (secondary N) is 1. The average Bonchev–Trinajstić information content (AvgIpc) is 3.37. The Morgan fingerprint density at radius 1 is 1.34 bits per heavy atom. The lowest BCUT2D eigenvalue weighted by molar-refractivity contribution is -0.108. The minimum atomic E-state index is 0.233. The third-order valence-corrected chi connectivity index (χ3v) is 6.87. The standard InChI is InChI=1S/C22H30N8OS/c1-15(2)28(4)7-6-18-11-20(27-30(18)9-10-31)26-22-23-13-17-5-8-29(14-19(17)25-22)21-16(3)12-24-32-21/h10-13,15H,5-9,14H2,1-4H3,(H,23,25,26,27). The van der Waals surface area contributed by atoms with Crippen molar-refractivity contribution < 1.29 is 4.79 Å². The lowest BCUT2D eigenvalue weighted by Crippen LogP contribution is -2.31. The molecule has 10 heteroatoms. The molecule has 0 bridgehead atoms. The Morgan fingerprint density at radius 3 is 2.91 bits per heavy atom. The summed E-state index contributed by atoms with van der Waals surface area (Å²) in [6.45, 7) is 9.23. The van der Waals surface area contributed by atoms with E-state index in [1.165, 1.54) is 27.7 Å². The molecule has 3 aromatic heterocycles. The fourth-order valence-corrected chi connectivity index (χ4v) is 4.52. The highest BCUT2D eigenvalue weighted by Gasteiger charge is 2.21. The first-order valence-corrected chi connectivity index (χ1v) is 11.7. The molecule has 0 spiro atoms. The summed E-state index contributed by atoms with van der Waals surface area (Å²) in [6.07, 6.45) is 6.41. The maximum absolute atomic E-state index is 11.1. The van der Waals surface area contributed by atoms with Gasteiger partial charge in [-0.25, -0.2) is 9.97 Å². The molecule has 0 amide bonds. The van der Waals surface area contributed by atoms with Crippen molar-refractivity contribution in [3.05, 3.63) is 41.0 Å². The van der Waals surface area contributed by atoms with Gasteiger partial charge in [0.05, 0.1) is 18.8 Å². The van der Waals surface area contributed by atoms with E-state index in [2.05, 4.69) is 57.4 Å². The van der Waals surface area contributed by atoms with E-state index in [9.17, 15) is 4.79 Å². The van der Waals surface area contributed by atoms with Crippen molar-refractivity contribution >= 4 is 34.6 Å². The molecule has 0 saturated heterocycles. The largest absolute Gasteiger partial charge is 0.356 e. The summed E-state index contributed by atoms with van der Waals surface area (Å²) >= 11 is 1.53. The number of carbonyl (C=O) groups excluding carboxylic acids is 1. The molecule has 0 atom stereocenters. The number of anilines is 3. The number of nitrogens with zero attached hydrogens (tertiary/aromatic N) is 7. The normalized spacial score (nSPS) is 13.6. The summed E-state index contributed by atoms with van der Waals surface area (Å²) in [6, 6.07) is 2.44. The van der Waals surface area contributed by atoms with Gasteiger partial charge < -0.3 is 19.9 Å². The second-order valence-corrected chi connectivity index (χ2v) is 9.25. The number of fused-ring (bicyclic) bond motifs is 1. The molecule has 0 radical (unpaired) electrons. The fraction of sp³-hybridized carbons (Fsp3) is 0.500. The molecular formula is C22H30N8OS. The number of carbonyl (C=O) groups is 1. The first kappa shape index (κ1) is 22.3. The van der Waals surface area contributed by atoms with Crippen molar-refractivity contribution in [3.8, 4) is 0 Å². The van der Waals surface area contributed by atoms with Crippen molar-refractivity contribution in [2.75, 3.05) is 30.4 Å². The summed E-state index contributed by atoms with van der Waals surface area (Å²) in [4.78, 5) is 25.0. The number of hydrogen-bond acceptors (Lipinski definition) is 9. The van der Waals surface area contributed by atoms with Crippen LogP contribution >= 0.6 is 11.5 Å². The van der Waals surface area contributed by atoms with Crippen LogP contribution in [-0.2, 0) is 30.7 Å². The third-order valence-electron chi connectivity index (χ3n) is 5.91. The lowest BCUT2D eigenvalue weighted by Gasteiger charge is -2.28. The number of aromatic nitrogens is 5. The van der Waals surface area contributed by atoms with Gasteiger partial charge in [-0.2, -0.15) is 9.47 Å². The SMILES string of the molecule is Cc1cnsc1N1CCc2cnc(Nc3cc(CCN(C)C(C)C)n(CC=O)n3)nc2C1. The van der Waals surface area contributed by atoms with Crippen molar-refractivity contribution in [2.24, 2.45) is 0 Å². The highest BCUT2D eigenvalue weighted by molar-refractivity contribution is 7.10. The van der Waals surface area contributed by atoms with Crippen LogP contribution in [0, 0.1) is 6.92 Å². The van der Waals surface area contributed by atoms with Crippen molar-refractivity contribution in [2.45, 2.75) is 52.7 Å². The molecule has 32 heavy (non-hydrogen) atoms. The molecule has 3 aromatic rings. The quantitative estimate of drug-likeness (QED) is 0.494. The Bertz CT molecular complexity index is 1080. The smallest absolute Gasteiger partial charge is 0.228 e. The molecule has 0 unspecified atom stereocenters. The molecule has 1 N–H and O–H groups in total. The molecule has 9 nitrogen and oxygen atoms in total. The van der Waals surface area contributed by atoms with E-state index in [0.29, 0.717) is 17.8 Å². The zero-order valence-electron chi connectivity index (χ0n) is 19.1. The summed E-state index contributed by atoms with van der Waals surface area (Å²) in [7, 11) is 2.10. The predicted molar refractivity (Wildman–Crippen MR) is 127 cm³/mol. The first-order chi connectivity index (χ1) is 15.4. The highest BCUT2D eigenvalue weighted by atomic mass is 32.1. The van der Waals surface area contributed by atoms with Gasteiger partial charge in [0.15, 0.2) is 5.82 Å².